The van der Waals surface area contributed by atoms with E-state index < -0.39 is 11.7 Å². The van der Waals surface area contributed by atoms with Crippen molar-refractivity contribution in [3.63, 3.8) is 0 Å². The largest absolute Gasteiger partial charge is 0.493 e. The average molecular weight is 300 g/mol. The molecule has 0 saturated carbocycles. The number of benzene rings is 1. The lowest BCUT2D eigenvalue weighted by Crippen LogP contribution is -2.14. The Hall–Kier alpha value is -1.45. The van der Waals surface area contributed by atoms with E-state index in [0.29, 0.717) is 23.5 Å². The van der Waals surface area contributed by atoms with Gasteiger partial charge in [-0.15, -0.1) is 0 Å². The van der Waals surface area contributed by atoms with E-state index in [1.54, 1.807) is 0 Å². The highest BCUT2D eigenvalue weighted by molar-refractivity contribution is 5.62. The van der Waals surface area contributed by atoms with Crippen molar-refractivity contribution >= 4 is 5.76 Å². The molecule has 0 radical (unpaired) electrons. The van der Waals surface area contributed by atoms with Crippen molar-refractivity contribution in [2.24, 2.45) is 5.41 Å². The lowest BCUT2D eigenvalue weighted by molar-refractivity contribution is -0.137. The second-order valence-electron chi connectivity index (χ2n) is 6.73. The summed E-state index contributed by atoms with van der Waals surface area (Å²) in [7, 11) is 0. The molecule has 0 unspecified atom stereocenters. The third-order valence-electron chi connectivity index (χ3n) is 2.98. The molecule has 0 heterocycles. The van der Waals surface area contributed by atoms with E-state index >= 15 is 0 Å². The summed E-state index contributed by atoms with van der Waals surface area (Å²) in [5.41, 5.74) is 0.567. The lowest BCUT2D eigenvalue weighted by atomic mass is 9.93. The highest BCUT2D eigenvalue weighted by Gasteiger charge is 2.31. The standard InChI is InChI=1S/C17H23F3O/c1-11(2)15-9-13(17(18,19)20)7-8-14(15)12(3)21-10-16(4,5)6/h7-9,11H,3,10H2,1-2,4-6H3. The fraction of sp³-hybridized carbons (Fsp3) is 0.529. The maximum atomic E-state index is 12.8. The molecule has 0 atom stereocenters. The first-order valence-electron chi connectivity index (χ1n) is 6.95. The fourth-order valence-corrected chi connectivity index (χ4v) is 1.85. The summed E-state index contributed by atoms with van der Waals surface area (Å²) in [4.78, 5) is 0. The molecule has 1 aromatic carbocycles. The molecule has 1 nitrogen and oxygen atoms in total. The van der Waals surface area contributed by atoms with E-state index in [4.69, 9.17) is 4.74 Å². The first-order valence-corrected chi connectivity index (χ1v) is 6.95. The topological polar surface area (TPSA) is 9.23 Å². The minimum atomic E-state index is -4.34. The van der Waals surface area contributed by atoms with Crippen molar-refractivity contribution < 1.29 is 17.9 Å². The smallest absolute Gasteiger partial charge is 0.416 e. The number of rotatable bonds is 4. The number of hydrogen-bond donors (Lipinski definition) is 0. The van der Waals surface area contributed by atoms with Crippen molar-refractivity contribution in [2.45, 2.75) is 46.7 Å². The van der Waals surface area contributed by atoms with Gasteiger partial charge >= 0.3 is 6.18 Å². The number of hydrogen-bond acceptors (Lipinski definition) is 1. The van der Waals surface area contributed by atoms with E-state index in [9.17, 15) is 13.2 Å². The average Bonchev–Trinajstić information content (AvgIpc) is 2.33. The molecule has 0 amide bonds. The molecule has 0 aliphatic heterocycles. The van der Waals surface area contributed by atoms with Crippen LogP contribution in [0.1, 0.15) is 57.2 Å². The van der Waals surface area contributed by atoms with Gasteiger partial charge in [-0.3, -0.25) is 0 Å². The molecule has 118 valence electrons. The lowest BCUT2D eigenvalue weighted by Gasteiger charge is -2.22. The van der Waals surface area contributed by atoms with Crippen LogP contribution in [0, 0.1) is 5.41 Å². The van der Waals surface area contributed by atoms with Gasteiger partial charge in [0.2, 0.25) is 0 Å². The molecule has 0 fully saturated rings. The Morgan fingerprint density at radius 2 is 1.76 bits per heavy atom. The van der Waals surface area contributed by atoms with Crippen molar-refractivity contribution in [1.29, 1.82) is 0 Å². The summed E-state index contributed by atoms with van der Waals surface area (Å²) in [5.74, 6) is 0.375. The number of alkyl halides is 3. The van der Waals surface area contributed by atoms with E-state index in [1.165, 1.54) is 12.1 Å². The minimum absolute atomic E-state index is 0.0349. The Morgan fingerprint density at radius 1 is 1.19 bits per heavy atom. The van der Waals surface area contributed by atoms with Crippen LogP contribution in [0.2, 0.25) is 0 Å². The van der Waals surface area contributed by atoms with Gasteiger partial charge in [0.25, 0.3) is 0 Å². The predicted octanol–water partition coefficient (Wildman–Crippen LogP) is 5.86. The van der Waals surface area contributed by atoms with Crippen LogP contribution < -0.4 is 0 Å². The summed E-state index contributed by atoms with van der Waals surface area (Å²) < 4.78 is 44.1. The van der Waals surface area contributed by atoms with Gasteiger partial charge in [-0.2, -0.15) is 13.2 Å². The van der Waals surface area contributed by atoms with Gasteiger partial charge in [0, 0.05) is 5.56 Å². The SMILES string of the molecule is C=C(OCC(C)(C)C)c1ccc(C(F)(F)F)cc1C(C)C. The quantitative estimate of drug-likeness (QED) is 0.633. The van der Waals surface area contributed by atoms with Gasteiger partial charge in [-0.1, -0.05) is 47.3 Å². The fourth-order valence-electron chi connectivity index (χ4n) is 1.85. The first-order chi connectivity index (χ1) is 9.42. The van der Waals surface area contributed by atoms with Gasteiger partial charge in [0.05, 0.1) is 12.2 Å². The maximum Gasteiger partial charge on any atom is 0.416 e. The zero-order valence-corrected chi connectivity index (χ0v) is 13.3. The van der Waals surface area contributed by atoms with Crippen LogP contribution >= 0.6 is 0 Å². The third kappa shape index (κ3) is 5.10. The first kappa shape index (κ1) is 17.6. The maximum absolute atomic E-state index is 12.8. The van der Waals surface area contributed by atoms with Gasteiger partial charge in [0.1, 0.15) is 5.76 Å². The molecule has 21 heavy (non-hydrogen) atoms. The summed E-state index contributed by atoms with van der Waals surface area (Å²) in [6, 6.07) is 3.71. The van der Waals surface area contributed by atoms with E-state index in [-0.39, 0.29) is 11.3 Å². The summed E-state index contributed by atoms with van der Waals surface area (Å²) in [6.07, 6.45) is -4.34. The Kier molecular flexibility index (Phi) is 5.13. The Balaban J connectivity index is 3.10. The van der Waals surface area contributed by atoms with Crippen LogP contribution in [-0.2, 0) is 10.9 Å². The molecular formula is C17H23F3O. The zero-order valence-electron chi connectivity index (χ0n) is 13.3. The number of ether oxygens (including phenoxy) is 1. The van der Waals surface area contributed by atoms with Crippen molar-refractivity contribution in [3.05, 3.63) is 41.5 Å². The summed E-state index contributed by atoms with van der Waals surface area (Å²) in [6.45, 7) is 14.1. The highest BCUT2D eigenvalue weighted by atomic mass is 19.4. The second kappa shape index (κ2) is 6.12. The molecule has 0 N–H and O–H groups in total. The Labute approximate surface area is 124 Å². The molecule has 0 bridgehead atoms. The summed E-state index contributed by atoms with van der Waals surface area (Å²) >= 11 is 0. The molecule has 0 aliphatic rings. The van der Waals surface area contributed by atoms with Crippen LogP contribution in [0.4, 0.5) is 13.2 Å². The molecule has 0 spiro atoms. The summed E-state index contributed by atoms with van der Waals surface area (Å²) in [5, 5.41) is 0. The molecule has 0 aliphatic carbocycles. The van der Waals surface area contributed by atoms with Crippen molar-refractivity contribution in [3.8, 4) is 0 Å². The molecular weight excluding hydrogens is 277 g/mol. The zero-order chi connectivity index (χ0) is 16.4. The van der Waals surface area contributed by atoms with Gasteiger partial charge < -0.3 is 4.74 Å². The Bertz CT molecular complexity index is 508. The molecule has 1 rings (SSSR count). The van der Waals surface area contributed by atoms with E-state index in [1.807, 2.05) is 34.6 Å². The van der Waals surface area contributed by atoms with Gasteiger partial charge in [0.15, 0.2) is 0 Å². The van der Waals surface area contributed by atoms with Crippen LogP contribution in [0.5, 0.6) is 0 Å². The monoisotopic (exact) mass is 300 g/mol. The van der Waals surface area contributed by atoms with Crippen LogP contribution in [-0.4, -0.2) is 6.61 Å². The third-order valence-corrected chi connectivity index (χ3v) is 2.98. The van der Waals surface area contributed by atoms with Gasteiger partial charge in [-0.05, 0) is 29.0 Å². The van der Waals surface area contributed by atoms with Gasteiger partial charge in [-0.25, -0.2) is 0 Å². The van der Waals surface area contributed by atoms with Crippen LogP contribution in [0.15, 0.2) is 24.8 Å². The highest BCUT2D eigenvalue weighted by Crippen LogP contribution is 2.34. The molecule has 4 heteroatoms. The second-order valence-corrected chi connectivity index (χ2v) is 6.73. The molecule has 0 saturated heterocycles. The van der Waals surface area contributed by atoms with Crippen LogP contribution in [0.25, 0.3) is 5.76 Å². The minimum Gasteiger partial charge on any atom is -0.493 e. The molecule has 1 aromatic rings. The van der Waals surface area contributed by atoms with Crippen molar-refractivity contribution in [1.82, 2.24) is 0 Å². The van der Waals surface area contributed by atoms with Crippen molar-refractivity contribution in [2.75, 3.05) is 6.61 Å². The normalized spacial score (nSPS) is 12.6. The molecule has 0 aromatic heterocycles. The number of halogens is 3. The van der Waals surface area contributed by atoms with E-state index in [0.717, 1.165) is 6.07 Å². The van der Waals surface area contributed by atoms with Crippen LogP contribution in [0.3, 0.4) is 0 Å². The Morgan fingerprint density at radius 3 is 2.19 bits per heavy atom. The van der Waals surface area contributed by atoms with E-state index in [2.05, 4.69) is 6.58 Å². The predicted molar refractivity (Wildman–Crippen MR) is 80.0 cm³/mol.